The van der Waals surface area contributed by atoms with Crippen molar-refractivity contribution in [3.63, 3.8) is 0 Å². The second-order valence-electron chi connectivity index (χ2n) is 5.63. The van der Waals surface area contributed by atoms with E-state index in [1.54, 1.807) is 18.5 Å². The largest absolute Gasteiger partial charge is 0.349 e. The van der Waals surface area contributed by atoms with Gasteiger partial charge in [0.05, 0.1) is 5.56 Å². The van der Waals surface area contributed by atoms with Gasteiger partial charge in [-0.25, -0.2) is 0 Å². The van der Waals surface area contributed by atoms with Gasteiger partial charge in [0.2, 0.25) is 0 Å². The maximum atomic E-state index is 12.2. The molecule has 1 saturated carbocycles. The minimum Gasteiger partial charge on any atom is -0.349 e. The first-order valence-corrected chi connectivity index (χ1v) is 7.02. The van der Waals surface area contributed by atoms with Crippen LogP contribution in [0.15, 0.2) is 24.5 Å². The van der Waals surface area contributed by atoms with E-state index >= 15 is 0 Å². The molecule has 1 aromatic rings. The average molecular weight is 261 g/mol. The van der Waals surface area contributed by atoms with Crippen LogP contribution >= 0.6 is 0 Å². The topological polar surface area (TPSA) is 45.2 Å². The Bertz CT molecular complexity index is 405. The highest BCUT2D eigenvalue weighted by molar-refractivity contribution is 5.94. The molecule has 0 saturated heterocycles. The van der Waals surface area contributed by atoms with Crippen molar-refractivity contribution >= 4 is 5.91 Å². The van der Waals surface area contributed by atoms with Gasteiger partial charge in [-0.1, -0.05) is 12.8 Å². The lowest BCUT2D eigenvalue weighted by Gasteiger charge is -2.34. The third-order valence-electron chi connectivity index (χ3n) is 3.75. The molecule has 4 nitrogen and oxygen atoms in total. The quantitative estimate of drug-likeness (QED) is 0.901. The van der Waals surface area contributed by atoms with E-state index in [1.807, 2.05) is 6.07 Å². The zero-order chi connectivity index (χ0) is 13.7. The summed E-state index contributed by atoms with van der Waals surface area (Å²) in [7, 11) is 4.18. The zero-order valence-electron chi connectivity index (χ0n) is 11.8. The van der Waals surface area contributed by atoms with Crippen LogP contribution in [0.2, 0.25) is 0 Å². The van der Waals surface area contributed by atoms with Crippen LogP contribution in [0.25, 0.3) is 0 Å². The molecule has 0 aromatic carbocycles. The predicted octanol–water partition coefficient (Wildman–Crippen LogP) is 1.93. The molecule has 1 amide bonds. The zero-order valence-corrected chi connectivity index (χ0v) is 11.8. The number of hydrogen-bond acceptors (Lipinski definition) is 3. The molecule has 1 aliphatic rings. The molecule has 1 aliphatic carbocycles. The number of nitrogens with zero attached hydrogens (tertiary/aromatic N) is 2. The van der Waals surface area contributed by atoms with Crippen molar-refractivity contribution in [2.45, 2.75) is 31.7 Å². The van der Waals surface area contributed by atoms with Crippen LogP contribution in [0, 0.1) is 5.92 Å². The third-order valence-corrected chi connectivity index (χ3v) is 3.75. The summed E-state index contributed by atoms with van der Waals surface area (Å²) in [4.78, 5) is 18.4. The number of carbonyl (C=O) groups excluding carboxylic acids is 1. The molecule has 1 N–H and O–H groups in total. The highest BCUT2D eigenvalue weighted by atomic mass is 16.1. The van der Waals surface area contributed by atoms with Crippen molar-refractivity contribution in [2.75, 3.05) is 20.6 Å². The van der Waals surface area contributed by atoms with Gasteiger partial charge in [-0.05, 0) is 45.0 Å². The van der Waals surface area contributed by atoms with Gasteiger partial charge in [0.15, 0.2) is 0 Å². The van der Waals surface area contributed by atoms with Crippen LogP contribution in [-0.2, 0) is 0 Å². The standard InChI is InChI=1S/C15H23N3O/c1-18(2)11-13-6-3-4-8-14(13)17-15(19)12-7-5-9-16-10-12/h5,7,9-10,13-14H,3-4,6,8,11H2,1-2H3,(H,17,19). The molecule has 1 fully saturated rings. The Hall–Kier alpha value is -1.42. The van der Waals surface area contributed by atoms with E-state index in [0.29, 0.717) is 17.5 Å². The second kappa shape index (κ2) is 6.66. The Kier molecular flexibility index (Phi) is 4.91. The van der Waals surface area contributed by atoms with Gasteiger partial charge >= 0.3 is 0 Å². The summed E-state index contributed by atoms with van der Waals surface area (Å²) in [5, 5.41) is 3.18. The van der Waals surface area contributed by atoms with Gasteiger partial charge in [-0.15, -0.1) is 0 Å². The molecule has 2 unspecified atom stereocenters. The predicted molar refractivity (Wildman–Crippen MR) is 76.0 cm³/mol. The lowest BCUT2D eigenvalue weighted by molar-refractivity contribution is 0.0895. The molecular weight excluding hydrogens is 238 g/mol. The van der Waals surface area contributed by atoms with Gasteiger partial charge in [0.25, 0.3) is 5.91 Å². The SMILES string of the molecule is CN(C)CC1CCCCC1NC(=O)c1cccnc1. The molecule has 2 rings (SSSR count). The van der Waals surface area contributed by atoms with Crippen molar-refractivity contribution in [3.8, 4) is 0 Å². The summed E-state index contributed by atoms with van der Waals surface area (Å²) in [5.74, 6) is 0.563. The number of nitrogens with one attached hydrogen (secondary N) is 1. The Morgan fingerprint density at radius 1 is 1.42 bits per heavy atom. The lowest BCUT2D eigenvalue weighted by Crippen LogP contribution is -2.45. The molecule has 1 aromatic heterocycles. The molecule has 1 heterocycles. The first-order chi connectivity index (χ1) is 9.16. The number of rotatable bonds is 4. The number of carbonyl (C=O) groups is 1. The average Bonchev–Trinajstić information content (AvgIpc) is 2.41. The van der Waals surface area contributed by atoms with E-state index in [1.165, 1.54) is 19.3 Å². The molecule has 2 atom stereocenters. The highest BCUT2D eigenvalue weighted by Gasteiger charge is 2.27. The molecular formula is C15H23N3O. The van der Waals surface area contributed by atoms with Gasteiger partial charge in [-0.2, -0.15) is 0 Å². The summed E-state index contributed by atoms with van der Waals surface area (Å²) in [6, 6.07) is 3.91. The van der Waals surface area contributed by atoms with Crippen LogP contribution in [0.3, 0.4) is 0 Å². The van der Waals surface area contributed by atoms with Crippen molar-refractivity contribution in [1.82, 2.24) is 15.2 Å². The van der Waals surface area contributed by atoms with Crippen LogP contribution in [0.1, 0.15) is 36.0 Å². The minimum atomic E-state index is 0.00348. The van der Waals surface area contributed by atoms with Crippen molar-refractivity contribution in [3.05, 3.63) is 30.1 Å². The van der Waals surface area contributed by atoms with Crippen LogP contribution in [0.5, 0.6) is 0 Å². The van der Waals surface area contributed by atoms with E-state index < -0.39 is 0 Å². The van der Waals surface area contributed by atoms with E-state index in [-0.39, 0.29) is 5.91 Å². The Morgan fingerprint density at radius 2 is 2.21 bits per heavy atom. The number of aromatic nitrogens is 1. The summed E-state index contributed by atoms with van der Waals surface area (Å²) in [6.45, 7) is 1.04. The van der Waals surface area contributed by atoms with Crippen LogP contribution in [-0.4, -0.2) is 42.5 Å². The fraction of sp³-hybridized carbons (Fsp3) is 0.600. The van der Waals surface area contributed by atoms with Gasteiger partial charge in [-0.3, -0.25) is 9.78 Å². The summed E-state index contributed by atoms with van der Waals surface area (Å²) in [6.07, 6.45) is 8.09. The molecule has 0 radical (unpaired) electrons. The maximum Gasteiger partial charge on any atom is 0.253 e. The second-order valence-corrected chi connectivity index (χ2v) is 5.63. The van der Waals surface area contributed by atoms with E-state index in [0.717, 1.165) is 13.0 Å². The summed E-state index contributed by atoms with van der Waals surface area (Å²) in [5.41, 5.74) is 0.650. The van der Waals surface area contributed by atoms with E-state index in [2.05, 4.69) is 29.3 Å². The molecule has 104 valence electrons. The molecule has 4 heteroatoms. The Labute approximate surface area is 115 Å². The number of amides is 1. The maximum absolute atomic E-state index is 12.2. The first kappa shape index (κ1) is 14.0. The van der Waals surface area contributed by atoms with Gasteiger partial charge in [0, 0.05) is 25.0 Å². The van der Waals surface area contributed by atoms with E-state index in [4.69, 9.17) is 0 Å². The number of hydrogen-bond donors (Lipinski definition) is 1. The fourth-order valence-corrected chi connectivity index (χ4v) is 2.83. The van der Waals surface area contributed by atoms with Gasteiger partial charge < -0.3 is 10.2 Å². The molecule has 0 aliphatic heterocycles. The normalized spacial score (nSPS) is 23.3. The Morgan fingerprint density at radius 3 is 2.89 bits per heavy atom. The molecule has 19 heavy (non-hydrogen) atoms. The Balaban J connectivity index is 1.97. The minimum absolute atomic E-state index is 0.00348. The molecule has 0 bridgehead atoms. The fourth-order valence-electron chi connectivity index (χ4n) is 2.83. The first-order valence-electron chi connectivity index (χ1n) is 7.02. The monoisotopic (exact) mass is 261 g/mol. The highest BCUT2D eigenvalue weighted by Crippen LogP contribution is 2.25. The summed E-state index contributed by atoms with van der Waals surface area (Å²) < 4.78 is 0. The third kappa shape index (κ3) is 4.03. The smallest absolute Gasteiger partial charge is 0.253 e. The lowest BCUT2D eigenvalue weighted by atomic mass is 9.84. The van der Waals surface area contributed by atoms with E-state index in [9.17, 15) is 4.79 Å². The number of pyridine rings is 1. The van der Waals surface area contributed by atoms with Crippen molar-refractivity contribution in [2.24, 2.45) is 5.92 Å². The summed E-state index contributed by atoms with van der Waals surface area (Å²) >= 11 is 0. The van der Waals surface area contributed by atoms with Crippen LogP contribution in [0.4, 0.5) is 0 Å². The molecule has 0 spiro atoms. The van der Waals surface area contributed by atoms with Gasteiger partial charge in [0.1, 0.15) is 0 Å². The van der Waals surface area contributed by atoms with Crippen molar-refractivity contribution < 1.29 is 4.79 Å². The van der Waals surface area contributed by atoms with Crippen molar-refractivity contribution in [1.29, 1.82) is 0 Å². The van der Waals surface area contributed by atoms with Crippen LogP contribution < -0.4 is 5.32 Å².